The average Bonchev–Trinajstić information content (AvgIpc) is 2.50. The predicted octanol–water partition coefficient (Wildman–Crippen LogP) is 2.40. The quantitative estimate of drug-likeness (QED) is 0.712. The van der Waals surface area contributed by atoms with Crippen LogP contribution in [0.3, 0.4) is 0 Å². The molecule has 1 aliphatic carbocycles. The fraction of sp³-hybridized carbons (Fsp3) is 0.538. The van der Waals surface area contributed by atoms with Gasteiger partial charge in [-0.2, -0.15) is 0 Å². The maximum Gasteiger partial charge on any atom is -0.00144 e. The molecule has 1 nitrogen and oxygen atoms in total. The molecule has 1 saturated carbocycles. The monoisotopic (exact) mass is 187 g/mol. The van der Waals surface area contributed by atoms with Gasteiger partial charge in [0.15, 0.2) is 0 Å². The van der Waals surface area contributed by atoms with Crippen LogP contribution in [0.1, 0.15) is 24.3 Å². The summed E-state index contributed by atoms with van der Waals surface area (Å²) in [6.45, 7) is 2.46. The van der Waals surface area contributed by atoms with E-state index in [1.165, 1.54) is 25.9 Å². The molecule has 3 rings (SSSR count). The molecule has 2 bridgehead atoms. The number of hydrogen-bond acceptors (Lipinski definition) is 1. The third-order valence-corrected chi connectivity index (χ3v) is 3.92. The van der Waals surface area contributed by atoms with Crippen LogP contribution < -0.4 is 5.32 Å². The van der Waals surface area contributed by atoms with E-state index in [0.717, 1.165) is 17.8 Å². The van der Waals surface area contributed by atoms with Crippen LogP contribution in [0.25, 0.3) is 0 Å². The summed E-state index contributed by atoms with van der Waals surface area (Å²) in [6.07, 6.45) is 2.86. The van der Waals surface area contributed by atoms with Crippen molar-refractivity contribution in [3.8, 4) is 0 Å². The molecular weight excluding hydrogens is 170 g/mol. The number of hydrogen-bond donors (Lipinski definition) is 1. The summed E-state index contributed by atoms with van der Waals surface area (Å²) in [5.74, 6) is 2.64. The summed E-state index contributed by atoms with van der Waals surface area (Å²) in [7, 11) is 0. The van der Waals surface area contributed by atoms with E-state index in [1.807, 2.05) is 0 Å². The summed E-state index contributed by atoms with van der Waals surface area (Å²) >= 11 is 0. The second-order valence-corrected chi connectivity index (χ2v) is 4.69. The average molecular weight is 187 g/mol. The molecule has 14 heavy (non-hydrogen) atoms. The summed E-state index contributed by atoms with van der Waals surface area (Å²) in [6, 6.07) is 11.1. The minimum atomic E-state index is 0.845. The first-order valence-corrected chi connectivity index (χ1v) is 5.71. The Morgan fingerprint density at radius 3 is 2.21 bits per heavy atom. The van der Waals surface area contributed by atoms with Crippen LogP contribution in [0.15, 0.2) is 30.3 Å². The van der Waals surface area contributed by atoms with Crippen LogP contribution in [0.5, 0.6) is 0 Å². The first kappa shape index (κ1) is 8.49. The molecule has 2 aliphatic rings. The van der Waals surface area contributed by atoms with Gasteiger partial charge in [-0.1, -0.05) is 30.3 Å². The van der Waals surface area contributed by atoms with Gasteiger partial charge in [0.05, 0.1) is 0 Å². The van der Waals surface area contributed by atoms with Crippen molar-refractivity contribution in [2.24, 2.45) is 11.8 Å². The maximum absolute atomic E-state index is 3.55. The van der Waals surface area contributed by atoms with Crippen molar-refractivity contribution in [2.75, 3.05) is 13.1 Å². The minimum Gasteiger partial charge on any atom is -0.316 e. The zero-order valence-electron chi connectivity index (χ0n) is 8.45. The van der Waals surface area contributed by atoms with Crippen molar-refractivity contribution in [2.45, 2.75) is 18.8 Å². The molecule has 1 heteroatoms. The lowest BCUT2D eigenvalue weighted by molar-refractivity contribution is 0.323. The molecule has 74 valence electrons. The molecule has 0 radical (unpaired) electrons. The second kappa shape index (κ2) is 3.39. The van der Waals surface area contributed by atoms with Gasteiger partial charge in [0.2, 0.25) is 0 Å². The molecule has 1 saturated heterocycles. The lowest BCUT2D eigenvalue weighted by Crippen LogP contribution is -2.36. The van der Waals surface area contributed by atoms with E-state index in [9.17, 15) is 0 Å². The summed E-state index contributed by atoms with van der Waals surface area (Å²) in [4.78, 5) is 0. The van der Waals surface area contributed by atoms with Gasteiger partial charge in [-0.15, -0.1) is 0 Å². The minimum absolute atomic E-state index is 0.845. The Labute approximate surface area is 85.5 Å². The van der Waals surface area contributed by atoms with Crippen molar-refractivity contribution >= 4 is 0 Å². The van der Waals surface area contributed by atoms with Crippen molar-refractivity contribution in [3.05, 3.63) is 35.9 Å². The fourth-order valence-corrected chi connectivity index (χ4v) is 3.30. The Kier molecular flexibility index (Phi) is 2.06. The topological polar surface area (TPSA) is 12.0 Å². The van der Waals surface area contributed by atoms with Crippen molar-refractivity contribution < 1.29 is 0 Å². The zero-order chi connectivity index (χ0) is 9.38. The highest BCUT2D eigenvalue weighted by Crippen LogP contribution is 2.45. The highest BCUT2D eigenvalue weighted by atomic mass is 14.9. The Balaban J connectivity index is 1.92. The van der Waals surface area contributed by atoms with Crippen LogP contribution in [0, 0.1) is 11.8 Å². The molecule has 2 unspecified atom stereocenters. The van der Waals surface area contributed by atoms with Gasteiger partial charge < -0.3 is 5.32 Å². The Morgan fingerprint density at radius 2 is 1.57 bits per heavy atom. The van der Waals surface area contributed by atoms with Gasteiger partial charge >= 0.3 is 0 Å². The summed E-state index contributed by atoms with van der Waals surface area (Å²) in [5, 5.41) is 3.55. The highest BCUT2D eigenvalue weighted by Gasteiger charge is 2.39. The standard InChI is InChI=1S/C13H17N/c1-2-4-10(5-3-1)13-11-6-7-12(13)9-14-8-11/h1-5,11-14H,6-9H2/t11-,12?,13?/m1/s1. The largest absolute Gasteiger partial charge is 0.316 e. The van der Waals surface area contributed by atoms with Crippen molar-refractivity contribution in [1.82, 2.24) is 5.32 Å². The number of benzene rings is 1. The normalized spacial score (nSPS) is 35.9. The van der Waals surface area contributed by atoms with Crippen LogP contribution in [-0.2, 0) is 0 Å². The summed E-state index contributed by atoms with van der Waals surface area (Å²) < 4.78 is 0. The van der Waals surface area contributed by atoms with Gasteiger partial charge in [-0.25, -0.2) is 0 Å². The molecule has 0 amide bonds. The van der Waals surface area contributed by atoms with Gasteiger partial charge in [-0.3, -0.25) is 0 Å². The van der Waals surface area contributed by atoms with Gasteiger partial charge in [0.25, 0.3) is 0 Å². The van der Waals surface area contributed by atoms with Crippen molar-refractivity contribution in [3.63, 3.8) is 0 Å². The first-order chi connectivity index (χ1) is 6.95. The van der Waals surface area contributed by atoms with E-state index >= 15 is 0 Å². The molecule has 0 aromatic heterocycles. The number of fused-ring (bicyclic) bond motifs is 2. The lowest BCUT2D eigenvalue weighted by atomic mass is 9.81. The zero-order valence-corrected chi connectivity index (χ0v) is 8.45. The molecule has 3 atom stereocenters. The van der Waals surface area contributed by atoms with Gasteiger partial charge in [0, 0.05) is 0 Å². The van der Waals surface area contributed by atoms with E-state index < -0.39 is 0 Å². The molecule has 1 aromatic rings. The van der Waals surface area contributed by atoms with E-state index in [1.54, 1.807) is 5.56 Å². The third kappa shape index (κ3) is 1.27. The second-order valence-electron chi connectivity index (χ2n) is 4.69. The van der Waals surface area contributed by atoms with Crippen LogP contribution in [0.4, 0.5) is 0 Å². The third-order valence-electron chi connectivity index (χ3n) is 3.92. The number of nitrogens with one attached hydrogen (secondary N) is 1. The van der Waals surface area contributed by atoms with Crippen LogP contribution in [-0.4, -0.2) is 13.1 Å². The Morgan fingerprint density at radius 1 is 0.929 bits per heavy atom. The smallest absolute Gasteiger partial charge is 0.00144 e. The molecule has 1 heterocycles. The Hall–Kier alpha value is -0.820. The van der Waals surface area contributed by atoms with E-state index in [0.29, 0.717) is 0 Å². The summed E-state index contributed by atoms with van der Waals surface area (Å²) in [5.41, 5.74) is 1.57. The number of piperidine rings is 1. The molecule has 1 aliphatic heterocycles. The van der Waals surface area contributed by atoms with Crippen molar-refractivity contribution in [1.29, 1.82) is 0 Å². The maximum atomic E-state index is 3.55. The molecular formula is C13H17N. The van der Waals surface area contributed by atoms with Crippen LogP contribution >= 0.6 is 0 Å². The molecule has 1 aromatic carbocycles. The van der Waals surface area contributed by atoms with Crippen LogP contribution in [0.2, 0.25) is 0 Å². The fourth-order valence-electron chi connectivity index (χ4n) is 3.30. The van der Waals surface area contributed by atoms with Gasteiger partial charge in [-0.05, 0) is 49.2 Å². The first-order valence-electron chi connectivity index (χ1n) is 5.71. The highest BCUT2D eigenvalue weighted by molar-refractivity contribution is 5.23. The van der Waals surface area contributed by atoms with E-state index in [2.05, 4.69) is 35.6 Å². The number of rotatable bonds is 1. The van der Waals surface area contributed by atoms with Gasteiger partial charge in [0.1, 0.15) is 0 Å². The predicted molar refractivity (Wildman–Crippen MR) is 58.3 cm³/mol. The molecule has 1 N–H and O–H groups in total. The SMILES string of the molecule is c1ccc(C2C3CC[C@@H]2CNC3)cc1. The molecule has 2 fully saturated rings. The van der Waals surface area contributed by atoms with E-state index in [4.69, 9.17) is 0 Å². The lowest BCUT2D eigenvalue weighted by Gasteiger charge is -2.31. The van der Waals surface area contributed by atoms with E-state index in [-0.39, 0.29) is 0 Å². The Bertz CT molecular complexity index is 290. The molecule has 0 spiro atoms.